The van der Waals surface area contributed by atoms with Crippen molar-refractivity contribution in [3.63, 3.8) is 0 Å². The summed E-state index contributed by atoms with van der Waals surface area (Å²) in [6, 6.07) is 4.21. The predicted octanol–water partition coefficient (Wildman–Crippen LogP) is 4.65. The standard InChI is InChI=1S/C19H26F3NO2/c1-13(2)11-18(3,23)12-25-17-5-4-15(10-16(17)19(20,21)22)14-6-8-24-9-7-14/h4-6,10,13H,7-9,11-12,23H2,1-3H3. The Balaban J connectivity index is 2.24. The van der Waals surface area contributed by atoms with E-state index in [1.165, 1.54) is 6.07 Å². The van der Waals surface area contributed by atoms with E-state index in [-0.39, 0.29) is 12.4 Å². The normalized spacial score (nSPS) is 18.0. The molecule has 2 rings (SSSR count). The molecule has 0 radical (unpaired) electrons. The van der Waals surface area contributed by atoms with Crippen molar-refractivity contribution < 1.29 is 22.6 Å². The molecule has 25 heavy (non-hydrogen) atoms. The molecule has 0 saturated heterocycles. The molecule has 0 bridgehead atoms. The third-order valence-corrected chi connectivity index (χ3v) is 4.05. The van der Waals surface area contributed by atoms with E-state index in [0.29, 0.717) is 37.5 Å². The molecule has 1 unspecified atom stereocenters. The number of alkyl halides is 3. The Kier molecular flexibility index (Phi) is 6.16. The van der Waals surface area contributed by atoms with E-state index in [0.717, 1.165) is 11.6 Å². The highest BCUT2D eigenvalue weighted by Crippen LogP contribution is 2.39. The van der Waals surface area contributed by atoms with Crippen LogP contribution in [0.1, 0.15) is 44.7 Å². The minimum Gasteiger partial charge on any atom is -0.491 e. The van der Waals surface area contributed by atoms with Gasteiger partial charge in [-0.05, 0) is 49.0 Å². The van der Waals surface area contributed by atoms with Crippen LogP contribution in [0, 0.1) is 5.92 Å². The smallest absolute Gasteiger partial charge is 0.419 e. The van der Waals surface area contributed by atoms with Gasteiger partial charge in [-0.1, -0.05) is 26.0 Å². The fourth-order valence-electron chi connectivity index (χ4n) is 3.10. The molecule has 1 aliphatic rings. The van der Waals surface area contributed by atoms with Crippen molar-refractivity contribution in [1.82, 2.24) is 0 Å². The van der Waals surface area contributed by atoms with Crippen LogP contribution >= 0.6 is 0 Å². The van der Waals surface area contributed by atoms with Crippen molar-refractivity contribution >= 4 is 5.57 Å². The number of nitrogens with two attached hydrogens (primary N) is 1. The molecule has 0 fully saturated rings. The molecule has 1 aromatic carbocycles. The molecule has 1 aromatic rings. The zero-order valence-electron chi connectivity index (χ0n) is 15.0. The SMILES string of the molecule is CC(C)CC(C)(N)COc1ccc(C2=CCOCC2)cc1C(F)(F)F. The Morgan fingerprint density at radius 1 is 1.28 bits per heavy atom. The molecular weight excluding hydrogens is 331 g/mol. The van der Waals surface area contributed by atoms with Gasteiger partial charge in [-0.3, -0.25) is 0 Å². The molecular formula is C19H26F3NO2. The summed E-state index contributed by atoms with van der Waals surface area (Å²) in [6.07, 6.45) is -1.40. The topological polar surface area (TPSA) is 44.5 Å². The molecule has 0 amide bonds. The largest absolute Gasteiger partial charge is 0.491 e. The zero-order chi connectivity index (χ0) is 18.7. The van der Waals surface area contributed by atoms with Gasteiger partial charge in [0.25, 0.3) is 0 Å². The quantitative estimate of drug-likeness (QED) is 0.806. The zero-order valence-corrected chi connectivity index (χ0v) is 15.0. The fourth-order valence-corrected chi connectivity index (χ4v) is 3.10. The maximum Gasteiger partial charge on any atom is 0.419 e. The van der Waals surface area contributed by atoms with Gasteiger partial charge < -0.3 is 15.2 Å². The van der Waals surface area contributed by atoms with Crippen LogP contribution in [-0.2, 0) is 10.9 Å². The Morgan fingerprint density at radius 3 is 2.56 bits per heavy atom. The maximum atomic E-state index is 13.5. The second kappa shape index (κ2) is 7.79. The second-order valence-corrected chi connectivity index (χ2v) is 7.30. The summed E-state index contributed by atoms with van der Waals surface area (Å²) in [5, 5.41) is 0. The minimum atomic E-state index is -4.49. The van der Waals surface area contributed by atoms with Crippen molar-refractivity contribution in [3.05, 3.63) is 35.4 Å². The van der Waals surface area contributed by atoms with Crippen LogP contribution < -0.4 is 10.5 Å². The number of rotatable bonds is 6. The minimum absolute atomic E-state index is 0.0319. The van der Waals surface area contributed by atoms with Gasteiger partial charge in [-0.15, -0.1) is 0 Å². The first-order valence-electron chi connectivity index (χ1n) is 8.48. The van der Waals surface area contributed by atoms with Crippen LogP contribution in [0.15, 0.2) is 24.3 Å². The van der Waals surface area contributed by atoms with E-state index < -0.39 is 17.3 Å². The average molecular weight is 357 g/mol. The molecule has 2 N–H and O–H groups in total. The first-order valence-corrected chi connectivity index (χ1v) is 8.48. The summed E-state index contributed by atoms with van der Waals surface area (Å²) in [5.41, 5.74) is 6.12. The molecule has 6 heteroatoms. The van der Waals surface area contributed by atoms with Gasteiger partial charge in [0.05, 0.1) is 18.8 Å². The highest BCUT2D eigenvalue weighted by Gasteiger charge is 2.35. The molecule has 0 aromatic heterocycles. The predicted molar refractivity (Wildman–Crippen MR) is 92.4 cm³/mol. The second-order valence-electron chi connectivity index (χ2n) is 7.30. The van der Waals surface area contributed by atoms with Crippen LogP contribution in [0.3, 0.4) is 0 Å². The third kappa shape index (κ3) is 5.75. The van der Waals surface area contributed by atoms with E-state index in [2.05, 4.69) is 0 Å². The van der Waals surface area contributed by atoms with Gasteiger partial charge in [0, 0.05) is 5.54 Å². The average Bonchev–Trinajstić information content (AvgIpc) is 2.51. The Morgan fingerprint density at radius 2 is 2.00 bits per heavy atom. The summed E-state index contributed by atoms with van der Waals surface area (Å²) in [7, 11) is 0. The van der Waals surface area contributed by atoms with Crippen LogP contribution in [0.2, 0.25) is 0 Å². The molecule has 1 heterocycles. The first-order chi connectivity index (χ1) is 11.6. The van der Waals surface area contributed by atoms with Crippen molar-refractivity contribution in [2.45, 2.75) is 45.3 Å². The van der Waals surface area contributed by atoms with Gasteiger partial charge in [-0.25, -0.2) is 0 Å². The fraction of sp³-hybridized carbons (Fsp3) is 0.579. The lowest BCUT2D eigenvalue weighted by Gasteiger charge is -2.27. The van der Waals surface area contributed by atoms with Crippen molar-refractivity contribution in [3.8, 4) is 5.75 Å². The van der Waals surface area contributed by atoms with Crippen LogP contribution in [0.4, 0.5) is 13.2 Å². The highest BCUT2D eigenvalue weighted by atomic mass is 19.4. The number of hydrogen-bond acceptors (Lipinski definition) is 3. The summed E-state index contributed by atoms with van der Waals surface area (Å²) in [6.45, 7) is 6.80. The van der Waals surface area contributed by atoms with Gasteiger partial charge in [-0.2, -0.15) is 13.2 Å². The number of benzene rings is 1. The molecule has 0 aliphatic carbocycles. The van der Waals surface area contributed by atoms with E-state index in [1.807, 2.05) is 19.9 Å². The first kappa shape index (κ1) is 19.8. The Labute approximate surface area is 147 Å². The summed E-state index contributed by atoms with van der Waals surface area (Å²) in [4.78, 5) is 0. The number of hydrogen-bond donors (Lipinski definition) is 1. The molecule has 3 nitrogen and oxygen atoms in total. The van der Waals surface area contributed by atoms with Crippen molar-refractivity contribution in [2.24, 2.45) is 11.7 Å². The van der Waals surface area contributed by atoms with E-state index >= 15 is 0 Å². The van der Waals surface area contributed by atoms with Crippen LogP contribution in [-0.4, -0.2) is 25.4 Å². The third-order valence-electron chi connectivity index (χ3n) is 4.05. The van der Waals surface area contributed by atoms with E-state index in [1.54, 1.807) is 13.0 Å². The maximum absolute atomic E-state index is 13.5. The van der Waals surface area contributed by atoms with Crippen molar-refractivity contribution in [2.75, 3.05) is 19.8 Å². The summed E-state index contributed by atoms with van der Waals surface area (Å²) < 4.78 is 51.1. The summed E-state index contributed by atoms with van der Waals surface area (Å²) in [5.74, 6) is 0.160. The molecule has 140 valence electrons. The number of ether oxygens (including phenoxy) is 2. The van der Waals surface area contributed by atoms with E-state index in [4.69, 9.17) is 15.2 Å². The lowest BCUT2D eigenvalue weighted by Crippen LogP contribution is -2.43. The summed E-state index contributed by atoms with van der Waals surface area (Å²) >= 11 is 0. The lowest BCUT2D eigenvalue weighted by atomic mass is 9.93. The van der Waals surface area contributed by atoms with Gasteiger partial charge in [0.15, 0.2) is 0 Å². The highest BCUT2D eigenvalue weighted by molar-refractivity contribution is 5.68. The Bertz CT molecular complexity index is 622. The molecule has 1 atom stereocenters. The lowest BCUT2D eigenvalue weighted by molar-refractivity contribution is -0.139. The van der Waals surface area contributed by atoms with Crippen molar-refractivity contribution in [1.29, 1.82) is 0 Å². The number of halogens is 3. The van der Waals surface area contributed by atoms with Crippen LogP contribution in [0.5, 0.6) is 5.75 Å². The van der Waals surface area contributed by atoms with Crippen LogP contribution in [0.25, 0.3) is 5.57 Å². The monoisotopic (exact) mass is 357 g/mol. The van der Waals surface area contributed by atoms with Gasteiger partial charge in [0.2, 0.25) is 0 Å². The Hall–Kier alpha value is -1.53. The van der Waals surface area contributed by atoms with E-state index in [9.17, 15) is 13.2 Å². The van der Waals surface area contributed by atoms with Gasteiger partial charge >= 0.3 is 6.18 Å². The molecule has 1 aliphatic heterocycles. The van der Waals surface area contributed by atoms with Gasteiger partial charge in [0.1, 0.15) is 12.4 Å². The molecule has 0 spiro atoms. The molecule has 0 saturated carbocycles.